The number of halogens is 3. The number of nitrogens with zero attached hydrogens (tertiary/aromatic N) is 2. The predicted molar refractivity (Wildman–Crippen MR) is 130 cm³/mol. The smallest absolute Gasteiger partial charge is 0.394 e. The second-order valence-corrected chi connectivity index (χ2v) is 8.03. The van der Waals surface area contributed by atoms with Gasteiger partial charge in [-0.05, 0) is 12.1 Å². The van der Waals surface area contributed by atoms with Crippen LogP contribution in [0.5, 0.6) is 0 Å². The van der Waals surface area contributed by atoms with Gasteiger partial charge in [-0.25, -0.2) is 4.79 Å². The van der Waals surface area contributed by atoms with Crippen LogP contribution in [0, 0.1) is 11.8 Å². The summed E-state index contributed by atoms with van der Waals surface area (Å²) in [6.45, 7) is 2.57. The maximum Gasteiger partial charge on any atom is 0.471 e. The topological polar surface area (TPSA) is 141 Å². The lowest BCUT2D eigenvalue weighted by molar-refractivity contribution is -0.173. The fourth-order valence-electron chi connectivity index (χ4n) is 3.47. The van der Waals surface area contributed by atoms with Gasteiger partial charge in [0.05, 0.1) is 31.4 Å². The summed E-state index contributed by atoms with van der Waals surface area (Å²) >= 11 is 0. The summed E-state index contributed by atoms with van der Waals surface area (Å²) in [5.74, 6) is 1.83. The van der Waals surface area contributed by atoms with Gasteiger partial charge < -0.3 is 30.0 Å². The number of nitrogens with one attached hydrogen (secondary N) is 2. The van der Waals surface area contributed by atoms with Crippen LogP contribution in [0.15, 0.2) is 54.0 Å². The van der Waals surface area contributed by atoms with Crippen molar-refractivity contribution < 1.29 is 42.1 Å². The Morgan fingerprint density at radius 1 is 1.31 bits per heavy atom. The van der Waals surface area contributed by atoms with E-state index in [1.807, 2.05) is 0 Å². The average molecular weight is 550 g/mol. The van der Waals surface area contributed by atoms with Crippen LogP contribution < -0.4 is 16.3 Å². The highest BCUT2D eigenvalue weighted by Gasteiger charge is 2.38. The summed E-state index contributed by atoms with van der Waals surface area (Å²) in [6.07, 6.45) is -4.60. The number of hydrogen-bond donors (Lipinski definition) is 3. The number of benzene rings is 1. The molecule has 1 aliphatic heterocycles. The zero-order chi connectivity index (χ0) is 28.4. The Balaban J connectivity index is 1.87. The van der Waals surface area contributed by atoms with E-state index in [4.69, 9.17) is 14.2 Å². The first kappa shape index (κ1) is 29.5. The van der Waals surface area contributed by atoms with Crippen LogP contribution in [0.3, 0.4) is 0 Å². The minimum Gasteiger partial charge on any atom is -0.394 e. The summed E-state index contributed by atoms with van der Waals surface area (Å²) in [4.78, 5) is 40.4. The molecular weight excluding hydrogens is 525 g/mol. The average Bonchev–Trinajstić information content (AvgIpc) is 3.32. The van der Waals surface area contributed by atoms with E-state index in [0.717, 1.165) is 4.57 Å². The second-order valence-electron chi connectivity index (χ2n) is 8.03. The van der Waals surface area contributed by atoms with E-state index in [1.54, 1.807) is 23.5 Å². The quantitative estimate of drug-likeness (QED) is 0.174. The van der Waals surface area contributed by atoms with Crippen molar-refractivity contribution in [2.75, 3.05) is 31.9 Å². The minimum absolute atomic E-state index is 0.0389. The SMILES string of the molecule is C=CCOCO[C@@H]1C[C@H](n2cc(C#CCNC(=O)C(F)(F)F)c(NC(=O)c3ccccc3)nc2=O)O[C@@H]1CO. The Kier molecular flexibility index (Phi) is 10.4. The number of carbonyl (C=O) groups excluding carboxylic acids is 2. The van der Waals surface area contributed by atoms with Crippen molar-refractivity contribution in [3.8, 4) is 11.8 Å². The number of aliphatic hydroxyl groups is 1. The zero-order valence-electron chi connectivity index (χ0n) is 20.4. The molecule has 1 aliphatic rings. The van der Waals surface area contributed by atoms with E-state index in [-0.39, 0.29) is 36.8 Å². The Labute approximate surface area is 220 Å². The molecule has 2 heterocycles. The van der Waals surface area contributed by atoms with Gasteiger partial charge >= 0.3 is 17.8 Å². The Morgan fingerprint density at radius 2 is 2.05 bits per heavy atom. The molecule has 0 radical (unpaired) electrons. The number of carbonyl (C=O) groups is 2. The van der Waals surface area contributed by atoms with Crippen molar-refractivity contribution in [1.82, 2.24) is 14.9 Å². The third-order valence-corrected chi connectivity index (χ3v) is 5.31. The van der Waals surface area contributed by atoms with Crippen molar-refractivity contribution >= 4 is 17.6 Å². The van der Waals surface area contributed by atoms with E-state index in [1.165, 1.54) is 24.4 Å². The molecule has 1 saturated heterocycles. The molecule has 3 N–H and O–H groups in total. The van der Waals surface area contributed by atoms with Crippen molar-refractivity contribution in [1.29, 1.82) is 0 Å². The molecule has 208 valence electrons. The lowest BCUT2D eigenvalue weighted by atomic mass is 10.2. The van der Waals surface area contributed by atoms with E-state index in [0.29, 0.717) is 0 Å². The van der Waals surface area contributed by atoms with Crippen LogP contribution in [-0.2, 0) is 19.0 Å². The summed E-state index contributed by atoms with van der Waals surface area (Å²) in [7, 11) is 0. The standard InChI is InChI=1S/C25H25F3N4O7/c1-2-11-37-15-38-18-12-20(39-19(18)14-33)32-13-17(9-6-10-29-23(35)25(26,27)28)21(31-24(32)36)30-22(34)16-7-4-3-5-8-16/h2-5,7-8,13,18-20,33H,1,10-12,14-15H2,(H,29,35)(H,30,31,34,36)/t18-,19-,20-/m1/s1. The lowest BCUT2D eigenvalue weighted by Crippen LogP contribution is -2.36. The number of alkyl halides is 3. The fraction of sp³-hybridized carbons (Fsp3) is 0.360. The molecule has 0 unspecified atom stereocenters. The molecular formula is C25H25F3N4O7. The Hall–Kier alpha value is -4.03. The number of rotatable bonds is 10. The molecule has 3 atom stereocenters. The van der Waals surface area contributed by atoms with Gasteiger partial charge in [-0.15, -0.1) is 6.58 Å². The van der Waals surface area contributed by atoms with Crippen molar-refractivity contribution in [3.05, 3.63) is 70.8 Å². The molecule has 11 nitrogen and oxygen atoms in total. The molecule has 39 heavy (non-hydrogen) atoms. The number of hydrogen-bond acceptors (Lipinski definition) is 8. The summed E-state index contributed by atoms with van der Waals surface area (Å²) < 4.78 is 54.9. The third kappa shape index (κ3) is 8.23. The van der Waals surface area contributed by atoms with Crippen LogP contribution in [-0.4, -0.2) is 71.4 Å². The third-order valence-electron chi connectivity index (χ3n) is 5.31. The molecule has 0 bridgehead atoms. The molecule has 1 aromatic carbocycles. The van der Waals surface area contributed by atoms with E-state index < -0.39 is 55.3 Å². The molecule has 0 spiro atoms. The summed E-state index contributed by atoms with van der Waals surface area (Å²) in [6, 6.07) is 8.00. The van der Waals surface area contributed by atoms with Crippen LogP contribution >= 0.6 is 0 Å². The largest absolute Gasteiger partial charge is 0.471 e. The highest BCUT2D eigenvalue weighted by Crippen LogP contribution is 2.30. The normalized spacial score (nSPS) is 18.6. The maximum atomic E-state index is 12.9. The first-order chi connectivity index (χ1) is 18.6. The molecule has 14 heteroatoms. The lowest BCUT2D eigenvalue weighted by Gasteiger charge is -2.16. The molecule has 0 aliphatic carbocycles. The molecule has 3 rings (SSSR count). The van der Waals surface area contributed by atoms with Crippen molar-refractivity contribution in [3.63, 3.8) is 0 Å². The first-order valence-corrected chi connectivity index (χ1v) is 11.5. The molecule has 2 aromatic rings. The number of anilines is 1. The number of aliphatic hydroxyl groups excluding tert-OH is 1. The van der Waals surface area contributed by atoms with Gasteiger partial charge in [-0.2, -0.15) is 18.2 Å². The van der Waals surface area contributed by atoms with Crippen LogP contribution in [0.4, 0.5) is 19.0 Å². The van der Waals surface area contributed by atoms with Crippen LogP contribution in [0.25, 0.3) is 0 Å². The van der Waals surface area contributed by atoms with Gasteiger partial charge in [0.2, 0.25) is 0 Å². The highest BCUT2D eigenvalue weighted by molar-refractivity contribution is 6.04. The maximum absolute atomic E-state index is 12.9. The van der Waals surface area contributed by atoms with Gasteiger partial charge in [-0.3, -0.25) is 14.2 Å². The first-order valence-electron chi connectivity index (χ1n) is 11.5. The van der Waals surface area contributed by atoms with Crippen molar-refractivity contribution in [2.45, 2.75) is 31.0 Å². The number of aromatic nitrogens is 2. The number of ether oxygens (including phenoxy) is 3. The molecule has 2 amide bonds. The fourth-order valence-corrected chi connectivity index (χ4v) is 3.47. The van der Waals surface area contributed by atoms with Gasteiger partial charge in [-0.1, -0.05) is 36.1 Å². The monoisotopic (exact) mass is 550 g/mol. The Morgan fingerprint density at radius 3 is 2.72 bits per heavy atom. The highest BCUT2D eigenvalue weighted by atomic mass is 19.4. The van der Waals surface area contributed by atoms with Gasteiger partial charge in [0, 0.05) is 18.2 Å². The van der Waals surface area contributed by atoms with Crippen LogP contribution in [0.1, 0.15) is 28.6 Å². The molecule has 1 aromatic heterocycles. The second kappa shape index (κ2) is 13.7. The van der Waals surface area contributed by atoms with Gasteiger partial charge in [0.25, 0.3) is 5.91 Å². The van der Waals surface area contributed by atoms with E-state index in [9.17, 15) is 32.7 Å². The summed E-state index contributed by atoms with van der Waals surface area (Å²) in [5.41, 5.74) is -0.620. The van der Waals surface area contributed by atoms with Crippen LogP contribution in [0.2, 0.25) is 0 Å². The molecule has 1 fully saturated rings. The Bertz CT molecular complexity index is 1290. The minimum atomic E-state index is -5.08. The number of amides is 2. The predicted octanol–water partition coefficient (Wildman–Crippen LogP) is 1.35. The zero-order valence-corrected chi connectivity index (χ0v) is 20.4. The van der Waals surface area contributed by atoms with Crippen molar-refractivity contribution in [2.24, 2.45) is 0 Å². The van der Waals surface area contributed by atoms with Gasteiger partial charge in [0.1, 0.15) is 19.1 Å². The van der Waals surface area contributed by atoms with E-state index in [2.05, 4.69) is 28.7 Å². The summed E-state index contributed by atoms with van der Waals surface area (Å²) in [5, 5.41) is 13.7. The van der Waals surface area contributed by atoms with Gasteiger partial charge in [0.15, 0.2) is 5.82 Å². The molecule has 0 saturated carbocycles. The van der Waals surface area contributed by atoms with E-state index >= 15 is 0 Å².